The average molecular weight is 415 g/mol. The first-order valence-corrected chi connectivity index (χ1v) is 10.5. The van der Waals surface area contributed by atoms with Crippen LogP contribution in [0.1, 0.15) is 27.7 Å². The van der Waals surface area contributed by atoms with Gasteiger partial charge in [0.25, 0.3) is 5.95 Å². The Morgan fingerprint density at radius 3 is 2.24 bits per heavy atom. The van der Waals surface area contributed by atoms with Crippen molar-refractivity contribution in [1.82, 2.24) is 29.7 Å². The van der Waals surface area contributed by atoms with Crippen molar-refractivity contribution >= 4 is 23.7 Å². The number of nitrogens with one attached hydrogen (secondary N) is 2. The van der Waals surface area contributed by atoms with Crippen molar-refractivity contribution in [2.75, 3.05) is 23.0 Å². The lowest BCUT2D eigenvalue weighted by atomic mass is 10.3. The number of anilines is 2. The number of hydrogen-bond acceptors (Lipinski definition) is 9. The molecule has 0 saturated carbocycles. The quantitative estimate of drug-likeness (QED) is 0.382. The van der Waals surface area contributed by atoms with Gasteiger partial charge < -0.3 is 15.4 Å². The Bertz CT molecular complexity index is 872. The lowest BCUT2D eigenvalue weighted by Gasteiger charge is -2.13. The molecule has 1 aromatic carbocycles. The van der Waals surface area contributed by atoms with Crippen LogP contribution in [0.15, 0.2) is 41.8 Å². The predicted molar refractivity (Wildman–Crippen MR) is 115 cm³/mol. The van der Waals surface area contributed by atoms with Crippen LogP contribution in [0.25, 0.3) is 5.95 Å². The second-order valence-corrected chi connectivity index (χ2v) is 7.92. The Kier molecular flexibility index (Phi) is 7.23. The Labute approximate surface area is 174 Å². The van der Waals surface area contributed by atoms with E-state index < -0.39 is 0 Å². The first-order valence-electron chi connectivity index (χ1n) is 9.51. The molecule has 0 aliphatic heterocycles. The molecule has 154 valence electrons. The molecule has 0 amide bonds. The fourth-order valence-corrected chi connectivity index (χ4v) is 2.95. The third-order valence-electron chi connectivity index (χ3n) is 3.46. The second-order valence-electron chi connectivity index (χ2n) is 6.86. The molecule has 3 aromatic rings. The van der Waals surface area contributed by atoms with Crippen molar-refractivity contribution in [1.29, 1.82) is 0 Å². The molecule has 2 heterocycles. The van der Waals surface area contributed by atoms with Gasteiger partial charge in [-0.3, -0.25) is 0 Å². The maximum atomic E-state index is 5.69. The Morgan fingerprint density at radius 1 is 0.966 bits per heavy atom. The molecule has 3 rings (SSSR count). The highest BCUT2D eigenvalue weighted by molar-refractivity contribution is 7.99. The number of para-hydroxylation sites is 1. The van der Waals surface area contributed by atoms with Gasteiger partial charge in [0.15, 0.2) is 0 Å². The van der Waals surface area contributed by atoms with Gasteiger partial charge in [-0.2, -0.15) is 19.6 Å². The van der Waals surface area contributed by atoms with E-state index in [-0.39, 0.29) is 12.1 Å². The summed E-state index contributed by atoms with van der Waals surface area (Å²) in [6.07, 6.45) is 1.61. The average Bonchev–Trinajstić information content (AvgIpc) is 3.14. The van der Waals surface area contributed by atoms with Gasteiger partial charge in [0.1, 0.15) is 12.1 Å². The summed E-state index contributed by atoms with van der Waals surface area (Å²) >= 11 is 1.51. The van der Waals surface area contributed by atoms with Crippen molar-refractivity contribution in [3.8, 4) is 11.7 Å². The van der Waals surface area contributed by atoms with E-state index in [0.717, 1.165) is 11.5 Å². The molecule has 0 spiro atoms. The van der Waals surface area contributed by atoms with E-state index in [2.05, 4.69) is 35.7 Å². The van der Waals surface area contributed by atoms with Crippen LogP contribution in [0.4, 0.5) is 11.9 Å². The molecule has 0 radical (unpaired) electrons. The van der Waals surface area contributed by atoms with Gasteiger partial charge in [-0.15, -0.1) is 5.10 Å². The number of aromatic nitrogens is 6. The smallest absolute Gasteiger partial charge is 0.258 e. The fraction of sp³-hybridized carbons (Fsp3) is 0.421. The van der Waals surface area contributed by atoms with Crippen LogP contribution in [-0.4, -0.2) is 54.2 Å². The first-order chi connectivity index (χ1) is 14.0. The van der Waals surface area contributed by atoms with Gasteiger partial charge in [0, 0.05) is 17.8 Å². The molecule has 0 bridgehead atoms. The zero-order valence-corrected chi connectivity index (χ0v) is 17.8. The van der Waals surface area contributed by atoms with Gasteiger partial charge in [0.05, 0.1) is 6.61 Å². The summed E-state index contributed by atoms with van der Waals surface area (Å²) in [5.74, 6) is 2.98. The summed E-state index contributed by atoms with van der Waals surface area (Å²) in [4.78, 5) is 17.7. The number of benzene rings is 1. The van der Waals surface area contributed by atoms with Gasteiger partial charge in [-0.1, -0.05) is 30.0 Å². The highest BCUT2D eigenvalue weighted by Gasteiger charge is 2.12. The van der Waals surface area contributed by atoms with Crippen LogP contribution in [0.3, 0.4) is 0 Å². The maximum Gasteiger partial charge on any atom is 0.258 e. The van der Waals surface area contributed by atoms with Crippen molar-refractivity contribution in [2.24, 2.45) is 0 Å². The summed E-state index contributed by atoms with van der Waals surface area (Å²) in [6.45, 7) is 8.68. The summed E-state index contributed by atoms with van der Waals surface area (Å²) in [5.41, 5.74) is 0. The summed E-state index contributed by atoms with van der Waals surface area (Å²) in [7, 11) is 0. The molecular formula is C19H26N8OS. The van der Waals surface area contributed by atoms with Crippen LogP contribution in [0.5, 0.6) is 5.75 Å². The SMILES string of the molecule is CC(C)Nc1nc(NC(C)C)nc(-n2cnc(SCCOc3ccccc3)n2)n1. The second kappa shape index (κ2) is 10.1. The normalized spacial score (nSPS) is 11.1. The van der Waals surface area contributed by atoms with E-state index in [1.54, 1.807) is 11.0 Å². The Hall–Kier alpha value is -2.88. The minimum absolute atomic E-state index is 0.198. The van der Waals surface area contributed by atoms with Crippen molar-refractivity contribution in [2.45, 2.75) is 44.9 Å². The minimum atomic E-state index is 0.198. The van der Waals surface area contributed by atoms with E-state index in [0.29, 0.717) is 29.6 Å². The van der Waals surface area contributed by atoms with E-state index in [1.165, 1.54) is 11.8 Å². The van der Waals surface area contributed by atoms with Gasteiger partial charge >= 0.3 is 0 Å². The van der Waals surface area contributed by atoms with Crippen LogP contribution < -0.4 is 15.4 Å². The van der Waals surface area contributed by atoms with Gasteiger partial charge in [-0.25, -0.2) is 4.98 Å². The third kappa shape index (κ3) is 6.60. The van der Waals surface area contributed by atoms with Crippen molar-refractivity contribution in [3.05, 3.63) is 36.7 Å². The third-order valence-corrected chi connectivity index (χ3v) is 4.28. The lowest BCUT2D eigenvalue weighted by Crippen LogP contribution is -2.19. The minimum Gasteiger partial charge on any atom is -0.493 e. The van der Waals surface area contributed by atoms with Crippen LogP contribution in [-0.2, 0) is 0 Å². The lowest BCUT2D eigenvalue weighted by molar-refractivity contribution is 0.344. The fourth-order valence-electron chi connectivity index (χ4n) is 2.33. The zero-order chi connectivity index (χ0) is 20.6. The number of hydrogen-bond donors (Lipinski definition) is 2. The molecule has 0 aliphatic rings. The van der Waals surface area contributed by atoms with Gasteiger partial charge in [0.2, 0.25) is 17.1 Å². The summed E-state index contributed by atoms with van der Waals surface area (Å²) < 4.78 is 7.25. The molecule has 0 atom stereocenters. The number of ether oxygens (including phenoxy) is 1. The largest absolute Gasteiger partial charge is 0.493 e. The topological polar surface area (TPSA) is 103 Å². The van der Waals surface area contributed by atoms with E-state index >= 15 is 0 Å². The molecule has 0 unspecified atom stereocenters. The summed E-state index contributed by atoms with van der Waals surface area (Å²) in [6, 6.07) is 10.1. The number of nitrogens with zero attached hydrogens (tertiary/aromatic N) is 6. The monoisotopic (exact) mass is 414 g/mol. The molecule has 9 nitrogen and oxygen atoms in total. The van der Waals surface area contributed by atoms with E-state index in [9.17, 15) is 0 Å². The first kappa shape index (κ1) is 20.8. The molecule has 2 aromatic heterocycles. The van der Waals surface area contributed by atoms with Crippen LogP contribution >= 0.6 is 11.8 Å². The molecule has 0 saturated heterocycles. The van der Waals surface area contributed by atoms with Gasteiger partial charge in [-0.05, 0) is 39.8 Å². The Morgan fingerprint density at radius 2 is 1.62 bits per heavy atom. The number of rotatable bonds is 10. The Balaban J connectivity index is 1.65. The standard InChI is InChI=1S/C19H26N8OS/c1-13(2)21-16-23-17(22-14(3)4)25-18(24-16)27-12-20-19(26-27)29-11-10-28-15-8-6-5-7-9-15/h5-9,12-14H,10-11H2,1-4H3,(H2,21,22,23,24,25). The van der Waals surface area contributed by atoms with Crippen LogP contribution in [0.2, 0.25) is 0 Å². The zero-order valence-electron chi connectivity index (χ0n) is 17.0. The molecule has 0 aliphatic carbocycles. The highest BCUT2D eigenvalue weighted by atomic mass is 32.2. The van der Waals surface area contributed by atoms with E-state index in [4.69, 9.17) is 4.74 Å². The molecule has 2 N–H and O–H groups in total. The van der Waals surface area contributed by atoms with Crippen molar-refractivity contribution in [3.63, 3.8) is 0 Å². The van der Waals surface area contributed by atoms with Crippen molar-refractivity contribution < 1.29 is 4.74 Å². The molecular weight excluding hydrogens is 388 g/mol. The molecule has 10 heteroatoms. The molecule has 29 heavy (non-hydrogen) atoms. The number of thioether (sulfide) groups is 1. The predicted octanol–water partition coefficient (Wildman–Crippen LogP) is 3.26. The maximum absolute atomic E-state index is 5.69. The molecule has 0 fully saturated rings. The highest BCUT2D eigenvalue weighted by Crippen LogP contribution is 2.16. The summed E-state index contributed by atoms with van der Waals surface area (Å²) in [5, 5.41) is 11.5. The van der Waals surface area contributed by atoms with E-state index in [1.807, 2.05) is 58.0 Å². The van der Waals surface area contributed by atoms with Crippen LogP contribution in [0, 0.1) is 0 Å².